The molecule has 1 aliphatic rings. The first-order valence-corrected chi connectivity index (χ1v) is 9.49. The van der Waals surface area contributed by atoms with Crippen molar-refractivity contribution in [3.63, 3.8) is 0 Å². The quantitative estimate of drug-likeness (QED) is 0.727. The Hall–Kier alpha value is -3.22. The number of benzene rings is 2. The number of piperidine rings is 1. The fourth-order valence-electron chi connectivity index (χ4n) is 3.27. The van der Waals surface area contributed by atoms with Gasteiger partial charge in [0.2, 0.25) is 0 Å². The van der Waals surface area contributed by atoms with Gasteiger partial charge in [-0.1, -0.05) is 18.2 Å². The molecule has 1 fully saturated rings. The Bertz CT molecular complexity index is 870. The van der Waals surface area contributed by atoms with Gasteiger partial charge in [0.25, 0.3) is 11.8 Å². The smallest absolute Gasteiger partial charge is 0.311 e. The Morgan fingerprint density at radius 2 is 1.79 bits per heavy atom. The van der Waals surface area contributed by atoms with Crippen molar-refractivity contribution in [1.82, 2.24) is 4.90 Å². The minimum absolute atomic E-state index is 0.220. The lowest BCUT2D eigenvalue weighted by atomic mass is 9.97. The first-order valence-electron chi connectivity index (χ1n) is 9.49. The normalized spacial score (nSPS) is 16.2. The fraction of sp³-hybridized carbons (Fsp3) is 0.318. The molecule has 0 aliphatic carbocycles. The summed E-state index contributed by atoms with van der Waals surface area (Å²) in [6.07, 6.45) is 1.25. The van der Waals surface area contributed by atoms with E-state index >= 15 is 0 Å². The zero-order valence-corrected chi connectivity index (χ0v) is 16.2. The Labute approximate surface area is 168 Å². The molecule has 2 aromatic carbocycles. The van der Waals surface area contributed by atoms with Crippen LogP contribution < -0.4 is 4.90 Å². The number of para-hydroxylation sites is 1. The van der Waals surface area contributed by atoms with Gasteiger partial charge in [-0.2, -0.15) is 0 Å². The summed E-state index contributed by atoms with van der Waals surface area (Å²) >= 11 is 0. The van der Waals surface area contributed by atoms with Gasteiger partial charge in [0.05, 0.1) is 5.92 Å². The third-order valence-electron chi connectivity index (χ3n) is 4.99. The zero-order valence-electron chi connectivity index (χ0n) is 16.2. The van der Waals surface area contributed by atoms with Crippen LogP contribution in [-0.2, 0) is 14.3 Å². The molecule has 1 unspecified atom stereocenters. The third-order valence-corrected chi connectivity index (χ3v) is 4.99. The van der Waals surface area contributed by atoms with E-state index in [1.54, 1.807) is 24.1 Å². The topological polar surface area (TPSA) is 66.9 Å². The lowest BCUT2D eigenvalue weighted by molar-refractivity contribution is -0.153. The minimum atomic E-state index is -0.489. The van der Waals surface area contributed by atoms with Gasteiger partial charge >= 0.3 is 5.97 Å². The highest BCUT2D eigenvalue weighted by atomic mass is 19.1. The van der Waals surface area contributed by atoms with Crippen molar-refractivity contribution in [3.05, 3.63) is 66.0 Å². The summed E-state index contributed by atoms with van der Waals surface area (Å²) in [6, 6.07) is 14.4. The molecule has 0 saturated carbocycles. The maximum Gasteiger partial charge on any atom is 0.311 e. The van der Waals surface area contributed by atoms with Gasteiger partial charge in [0.1, 0.15) is 5.82 Å². The maximum absolute atomic E-state index is 13.1. The van der Waals surface area contributed by atoms with Crippen molar-refractivity contribution in [2.45, 2.75) is 12.8 Å². The van der Waals surface area contributed by atoms with E-state index in [2.05, 4.69) is 0 Å². The molecule has 0 spiro atoms. The van der Waals surface area contributed by atoms with Gasteiger partial charge in [0.15, 0.2) is 6.61 Å². The van der Waals surface area contributed by atoms with Crippen molar-refractivity contribution in [2.24, 2.45) is 5.92 Å². The molecule has 0 aromatic heterocycles. The second-order valence-electron chi connectivity index (χ2n) is 6.99. The molecule has 1 heterocycles. The average Bonchev–Trinajstić information content (AvgIpc) is 2.77. The van der Waals surface area contributed by atoms with Crippen molar-refractivity contribution in [3.8, 4) is 0 Å². The molecule has 2 aromatic rings. The molecular formula is C22H23FN2O4. The Morgan fingerprint density at radius 3 is 2.48 bits per heavy atom. The highest BCUT2D eigenvalue weighted by Crippen LogP contribution is 2.20. The average molecular weight is 398 g/mol. The van der Waals surface area contributed by atoms with Gasteiger partial charge in [-0.05, 0) is 49.2 Å². The van der Waals surface area contributed by atoms with E-state index in [0.29, 0.717) is 30.6 Å². The van der Waals surface area contributed by atoms with Gasteiger partial charge in [-0.3, -0.25) is 14.4 Å². The summed E-state index contributed by atoms with van der Waals surface area (Å²) in [4.78, 5) is 40.3. The number of halogens is 1. The molecular weight excluding hydrogens is 375 g/mol. The predicted molar refractivity (Wildman–Crippen MR) is 106 cm³/mol. The van der Waals surface area contributed by atoms with Crippen LogP contribution in [0.25, 0.3) is 0 Å². The number of ether oxygens (including phenoxy) is 1. The van der Waals surface area contributed by atoms with Crippen LogP contribution in [0.4, 0.5) is 10.1 Å². The molecule has 6 nitrogen and oxygen atoms in total. The van der Waals surface area contributed by atoms with Crippen LogP contribution in [0.1, 0.15) is 23.2 Å². The molecule has 0 radical (unpaired) electrons. The number of anilines is 1. The predicted octanol–water partition coefficient (Wildman–Crippen LogP) is 2.88. The third kappa shape index (κ3) is 5.19. The number of carbonyl (C=O) groups excluding carboxylic acids is 3. The number of rotatable bonds is 5. The van der Waals surface area contributed by atoms with Crippen LogP contribution in [-0.4, -0.2) is 49.4 Å². The van der Waals surface area contributed by atoms with E-state index in [9.17, 15) is 18.8 Å². The molecule has 152 valence electrons. The number of amides is 2. The van der Waals surface area contributed by atoms with Crippen LogP contribution in [0.3, 0.4) is 0 Å². The van der Waals surface area contributed by atoms with Crippen LogP contribution in [0.5, 0.6) is 0 Å². The molecule has 7 heteroatoms. The minimum Gasteiger partial charge on any atom is -0.455 e. The summed E-state index contributed by atoms with van der Waals surface area (Å²) in [7, 11) is 1.62. The van der Waals surface area contributed by atoms with Crippen LogP contribution in [0, 0.1) is 11.7 Å². The molecule has 3 rings (SSSR count). The molecule has 29 heavy (non-hydrogen) atoms. The van der Waals surface area contributed by atoms with E-state index in [1.165, 1.54) is 29.2 Å². The number of carbonyl (C=O) groups is 3. The lowest BCUT2D eigenvalue weighted by Gasteiger charge is -2.31. The van der Waals surface area contributed by atoms with Crippen molar-refractivity contribution >= 4 is 23.5 Å². The first kappa shape index (κ1) is 20.5. The second kappa shape index (κ2) is 9.32. The lowest BCUT2D eigenvalue weighted by Crippen LogP contribution is -2.43. The largest absolute Gasteiger partial charge is 0.455 e. The van der Waals surface area contributed by atoms with Gasteiger partial charge in [0, 0.05) is 31.4 Å². The van der Waals surface area contributed by atoms with Crippen LogP contribution in [0.15, 0.2) is 54.6 Å². The Kier molecular flexibility index (Phi) is 6.59. The van der Waals surface area contributed by atoms with E-state index in [-0.39, 0.29) is 25.0 Å². The SMILES string of the molecule is CN(C(=O)COC(=O)C1CCCN(C(=O)c2ccc(F)cc2)C1)c1ccccc1. The summed E-state index contributed by atoms with van der Waals surface area (Å²) < 4.78 is 18.3. The Balaban J connectivity index is 1.53. The standard InChI is InChI=1S/C22H23FN2O4/c1-24(19-7-3-2-4-8-19)20(26)15-29-22(28)17-6-5-13-25(14-17)21(27)16-9-11-18(23)12-10-16/h2-4,7-12,17H,5-6,13-15H2,1H3. The second-order valence-corrected chi connectivity index (χ2v) is 6.99. The zero-order chi connectivity index (χ0) is 20.8. The Morgan fingerprint density at radius 1 is 1.10 bits per heavy atom. The van der Waals surface area contributed by atoms with Crippen molar-refractivity contribution in [1.29, 1.82) is 0 Å². The number of hydrogen-bond donors (Lipinski definition) is 0. The van der Waals surface area contributed by atoms with E-state index in [4.69, 9.17) is 4.74 Å². The fourth-order valence-corrected chi connectivity index (χ4v) is 3.27. The summed E-state index contributed by atoms with van der Waals surface area (Å²) in [5.41, 5.74) is 1.09. The van der Waals surface area contributed by atoms with Crippen molar-refractivity contribution < 1.29 is 23.5 Å². The summed E-state index contributed by atoms with van der Waals surface area (Å²) in [6.45, 7) is 0.389. The van der Waals surface area contributed by atoms with E-state index in [1.807, 2.05) is 18.2 Å². The number of esters is 1. The highest BCUT2D eigenvalue weighted by Gasteiger charge is 2.30. The molecule has 0 N–H and O–H groups in total. The number of likely N-dealkylation sites (N-methyl/N-ethyl adjacent to an activating group) is 1. The highest BCUT2D eigenvalue weighted by molar-refractivity contribution is 5.95. The monoisotopic (exact) mass is 398 g/mol. The van der Waals surface area contributed by atoms with Crippen LogP contribution in [0.2, 0.25) is 0 Å². The van der Waals surface area contributed by atoms with Gasteiger partial charge < -0.3 is 14.5 Å². The summed E-state index contributed by atoms with van der Waals surface area (Å²) in [5, 5.41) is 0. The maximum atomic E-state index is 13.1. The molecule has 1 aliphatic heterocycles. The molecule has 0 bridgehead atoms. The van der Waals surface area contributed by atoms with Crippen molar-refractivity contribution in [2.75, 3.05) is 31.6 Å². The molecule has 1 saturated heterocycles. The van der Waals surface area contributed by atoms with Gasteiger partial charge in [-0.25, -0.2) is 4.39 Å². The van der Waals surface area contributed by atoms with Crippen LogP contribution >= 0.6 is 0 Å². The van der Waals surface area contributed by atoms with Gasteiger partial charge in [-0.15, -0.1) is 0 Å². The first-order chi connectivity index (χ1) is 14.0. The number of nitrogens with zero attached hydrogens (tertiary/aromatic N) is 2. The molecule has 1 atom stereocenters. The molecule has 2 amide bonds. The summed E-state index contributed by atoms with van der Waals surface area (Å²) in [5.74, 6) is -1.96. The van der Waals surface area contributed by atoms with E-state index < -0.39 is 17.7 Å². The number of hydrogen-bond acceptors (Lipinski definition) is 4. The van der Waals surface area contributed by atoms with E-state index in [0.717, 1.165) is 0 Å². The number of likely N-dealkylation sites (tertiary alicyclic amines) is 1.